The van der Waals surface area contributed by atoms with E-state index >= 15 is 0 Å². The second-order valence-corrected chi connectivity index (χ2v) is 5.62. The topological polar surface area (TPSA) is 20.2 Å². The predicted octanol–water partition coefficient (Wildman–Crippen LogP) is 4.58. The van der Waals surface area contributed by atoms with Crippen LogP contribution in [-0.4, -0.2) is 5.11 Å². The van der Waals surface area contributed by atoms with Crippen LogP contribution < -0.4 is 0 Å². The van der Waals surface area contributed by atoms with Gasteiger partial charge in [0.25, 0.3) is 0 Å². The molecule has 1 heteroatoms. The number of fused-ring (bicyclic) bond motifs is 1. The molecule has 0 bridgehead atoms. The summed E-state index contributed by atoms with van der Waals surface area (Å²) >= 11 is 0. The summed E-state index contributed by atoms with van der Waals surface area (Å²) in [4.78, 5) is 0. The van der Waals surface area contributed by atoms with Crippen LogP contribution in [0.15, 0.2) is 36.4 Å². The molecule has 0 fully saturated rings. The number of aliphatic hydroxyl groups is 1. The van der Waals surface area contributed by atoms with Gasteiger partial charge in [0.2, 0.25) is 0 Å². The molecule has 2 aromatic rings. The zero-order valence-electron chi connectivity index (χ0n) is 11.7. The van der Waals surface area contributed by atoms with E-state index in [2.05, 4.69) is 44.2 Å². The smallest absolute Gasteiger partial charge is 0.0846 e. The maximum Gasteiger partial charge on any atom is 0.0846 e. The van der Waals surface area contributed by atoms with E-state index in [1.165, 1.54) is 16.3 Å². The lowest BCUT2D eigenvalue weighted by atomic mass is 9.86. The molecule has 2 rings (SSSR count). The normalized spacial score (nSPS) is 13.8. The Bertz CT molecular complexity index is 549. The van der Waals surface area contributed by atoms with E-state index in [1.807, 2.05) is 19.9 Å². The fourth-order valence-corrected chi connectivity index (χ4v) is 2.51. The maximum atomic E-state index is 10.3. The summed E-state index contributed by atoms with van der Waals surface area (Å²) in [5, 5.41) is 12.7. The summed E-state index contributed by atoms with van der Waals surface area (Å²) in [7, 11) is 0. The Labute approximate surface area is 109 Å². The summed E-state index contributed by atoms with van der Waals surface area (Å²) in [5.74, 6) is 0.547. The van der Waals surface area contributed by atoms with E-state index in [0.717, 1.165) is 12.0 Å². The number of hydrogen-bond donors (Lipinski definition) is 1. The molecule has 1 N–H and O–H groups in total. The van der Waals surface area contributed by atoms with Crippen molar-refractivity contribution in [2.45, 2.75) is 45.6 Å². The van der Waals surface area contributed by atoms with Crippen LogP contribution in [0.25, 0.3) is 10.8 Å². The van der Waals surface area contributed by atoms with Crippen LogP contribution in [0.2, 0.25) is 0 Å². The van der Waals surface area contributed by atoms with Crippen molar-refractivity contribution in [3.8, 4) is 0 Å². The minimum atomic E-state index is -0.798. The van der Waals surface area contributed by atoms with Gasteiger partial charge in [-0.05, 0) is 48.1 Å². The van der Waals surface area contributed by atoms with Gasteiger partial charge in [-0.2, -0.15) is 0 Å². The third-order valence-corrected chi connectivity index (χ3v) is 3.76. The van der Waals surface area contributed by atoms with Gasteiger partial charge in [-0.15, -0.1) is 0 Å². The molecule has 0 saturated carbocycles. The molecule has 0 amide bonds. The fourth-order valence-electron chi connectivity index (χ4n) is 2.51. The highest BCUT2D eigenvalue weighted by atomic mass is 16.3. The quantitative estimate of drug-likeness (QED) is 0.835. The van der Waals surface area contributed by atoms with Crippen molar-refractivity contribution in [1.29, 1.82) is 0 Å². The van der Waals surface area contributed by atoms with E-state index in [1.54, 1.807) is 0 Å². The molecule has 0 aliphatic carbocycles. The van der Waals surface area contributed by atoms with Crippen molar-refractivity contribution in [2.75, 3.05) is 0 Å². The molecule has 0 aliphatic rings. The Morgan fingerprint density at radius 1 is 1.06 bits per heavy atom. The van der Waals surface area contributed by atoms with Gasteiger partial charge in [-0.3, -0.25) is 0 Å². The SMILES string of the molecule is CCC(C)c1ccc(C(C)(C)O)c2ccccc12. The molecule has 0 saturated heterocycles. The van der Waals surface area contributed by atoms with Gasteiger partial charge >= 0.3 is 0 Å². The van der Waals surface area contributed by atoms with Crippen LogP contribution in [-0.2, 0) is 5.60 Å². The zero-order chi connectivity index (χ0) is 13.3. The first-order chi connectivity index (χ1) is 8.45. The average Bonchev–Trinajstić information content (AvgIpc) is 2.35. The summed E-state index contributed by atoms with van der Waals surface area (Å²) in [6, 6.07) is 12.6. The third kappa shape index (κ3) is 2.28. The largest absolute Gasteiger partial charge is 0.386 e. The molecule has 96 valence electrons. The maximum absolute atomic E-state index is 10.3. The molecule has 1 unspecified atom stereocenters. The first kappa shape index (κ1) is 13.1. The van der Waals surface area contributed by atoms with Crippen LogP contribution >= 0.6 is 0 Å². The fraction of sp³-hybridized carbons (Fsp3) is 0.412. The first-order valence-electron chi connectivity index (χ1n) is 6.69. The lowest BCUT2D eigenvalue weighted by Gasteiger charge is -2.22. The van der Waals surface area contributed by atoms with E-state index in [-0.39, 0.29) is 0 Å². The number of hydrogen-bond acceptors (Lipinski definition) is 1. The minimum absolute atomic E-state index is 0.547. The van der Waals surface area contributed by atoms with Gasteiger partial charge in [0.05, 0.1) is 5.60 Å². The summed E-state index contributed by atoms with van der Waals surface area (Å²) < 4.78 is 0. The van der Waals surface area contributed by atoms with E-state index in [9.17, 15) is 5.11 Å². The molecular formula is C17H22O. The average molecular weight is 242 g/mol. The molecule has 0 heterocycles. The minimum Gasteiger partial charge on any atom is -0.386 e. The van der Waals surface area contributed by atoms with Gasteiger partial charge in [0.15, 0.2) is 0 Å². The molecule has 18 heavy (non-hydrogen) atoms. The van der Waals surface area contributed by atoms with Crippen molar-refractivity contribution < 1.29 is 5.11 Å². The van der Waals surface area contributed by atoms with Gasteiger partial charge in [0.1, 0.15) is 0 Å². The Hall–Kier alpha value is -1.34. The summed E-state index contributed by atoms with van der Waals surface area (Å²) in [6.07, 6.45) is 1.13. The van der Waals surface area contributed by atoms with Crippen molar-refractivity contribution >= 4 is 10.8 Å². The van der Waals surface area contributed by atoms with Gasteiger partial charge in [-0.1, -0.05) is 50.2 Å². The van der Waals surface area contributed by atoms with E-state index in [4.69, 9.17) is 0 Å². The molecule has 2 aromatic carbocycles. The van der Waals surface area contributed by atoms with Crippen LogP contribution in [0.3, 0.4) is 0 Å². The Balaban J connectivity index is 2.74. The van der Waals surface area contributed by atoms with Crippen molar-refractivity contribution in [2.24, 2.45) is 0 Å². The Morgan fingerprint density at radius 3 is 2.22 bits per heavy atom. The van der Waals surface area contributed by atoms with Crippen molar-refractivity contribution in [1.82, 2.24) is 0 Å². The molecular weight excluding hydrogens is 220 g/mol. The monoisotopic (exact) mass is 242 g/mol. The van der Waals surface area contributed by atoms with Crippen molar-refractivity contribution in [3.63, 3.8) is 0 Å². The second-order valence-electron chi connectivity index (χ2n) is 5.62. The molecule has 0 aromatic heterocycles. The van der Waals surface area contributed by atoms with Gasteiger partial charge < -0.3 is 5.11 Å². The Kier molecular flexibility index (Phi) is 3.45. The van der Waals surface area contributed by atoms with Crippen LogP contribution in [0.5, 0.6) is 0 Å². The molecule has 0 aliphatic heterocycles. The Morgan fingerprint density at radius 2 is 1.67 bits per heavy atom. The zero-order valence-corrected chi connectivity index (χ0v) is 11.7. The summed E-state index contributed by atoms with van der Waals surface area (Å²) in [5.41, 5.74) is 1.58. The van der Waals surface area contributed by atoms with Crippen LogP contribution in [0.1, 0.15) is 51.2 Å². The standard InChI is InChI=1S/C17H22O/c1-5-12(2)13-10-11-16(17(3,4)18)15-9-7-6-8-14(13)15/h6-12,18H,5H2,1-4H3. The van der Waals surface area contributed by atoms with Gasteiger partial charge in [-0.25, -0.2) is 0 Å². The summed E-state index contributed by atoms with van der Waals surface area (Å²) in [6.45, 7) is 8.16. The van der Waals surface area contributed by atoms with Crippen molar-refractivity contribution in [3.05, 3.63) is 47.5 Å². The molecule has 1 nitrogen and oxygen atoms in total. The highest BCUT2D eigenvalue weighted by molar-refractivity contribution is 5.89. The number of rotatable bonds is 3. The van der Waals surface area contributed by atoms with Crippen LogP contribution in [0.4, 0.5) is 0 Å². The predicted molar refractivity (Wildman–Crippen MR) is 77.9 cm³/mol. The molecule has 0 radical (unpaired) electrons. The second kappa shape index (κ2) is 4.74. The molecule has 1 atom stereocenters. The lowest BCUT2D eigenvalue weighted by Crippen LogP contribution is -2.16. The highest BCUT2D eigenvalue weighted by Crippen LogP contribution is 2.34. The van der Waals surface area contributed by atoms with E-state index < -0.39 is 5.60 Å². The number of benzene rings is 2. The first-order valence-corrected chi connectivity index (χ1v) is 6.69. The van der Waals surface area contributed by atoms with E-state index in [0.29, 0.717) is 5.92 Å². The van der Waals surface area contributed by atoms with Crippen LogP contribution in [0, 0.1) is 0 Å². The molecule has 0 spiro atoms. The lowest BCUT2D eigenvalue weighted by molar-refractivity contribution is 0.0802. The third-order valence-electron chi connectivity index (χ3n) is 3.76. The van der Waals surface area contributed by atoms with Gasteiger partial charge in [0, 0.05) is 0 Å². The highest BCUT2D eigenvalue weighted by Gasteiger charge is 2.20.